The predicted octanol–water partition coefficient (Wildman–Crippen LogP) is 12.4. The molecule has 0 aromatic heterocycles. The van der Waals surface area contributed by atoms with Crippen molar-refractivity contribution in [3.05, 3.63) is 205 Å². The van der Waals surface area contributed by atoms with Gasteiger partial charge in [0, 0.05) is 46.3 Å². The van der Waals surface area contributed by atoms with E-state index in [1.807, 2.05) is 54.6 Å². The second-order valence-corrected chi connectivity index (χ2v) is 15.7. The van der Waals surface area contributed by atoms with E-state index in [-0.39, 0.29) is 17.5 Å². The smallest absolute Gasteiger partial charge is 0.193 e. The Morgan fingerprint density at radius 2 is 1.02 bits per heavy atom. The van der Waals surface area contributed by atoms with Gasteiger partial charge in [0.1, 0.15) is 0 Å². The number of benzene rings is 7. The first kappa shape index (κ1) is 35.5. The summed E-state index contributed by atoms with van der Waals surface area (Å²) in [5.74, 6) is 0.752. The van der Waals surface area contributed by atoms with Crippen LogP contribution in [0.1, 0.15) is 47.7 Å². The third-order valence-electron chi connectivity index (χ3n) is 12.2. The van der Waals surface area contributed by atoms with Crippen molar-refractivity contribution in [2.24, 2.45) is 5.92 Å². The number of fused-ring (bicyclic) bond motifs is 3. The number of hydrogen-bond donors (Lipinski definition) is 0. The van der Waals surface area contributed by atoms with Crippen LogP contribution in [0, 0.1) is 5.92 Å². The van der Waals surface area contributed by atoms with Crippen molar-refractivity contribution in [1.82, 2.24) is 4.90 Å². The Hall–Kier alpha value is -6.23. The lowest BCUT2D eigenvalue weighted by Crippen LogP contribution is -2.65. The molecule has 2 aliphatic rings. The van der Waals surface area contributed by atoms with E-state index in [1.165, 1.54) is 39.4 Å². The van der Waals surface area contributed by atoms with Gasteiger partial charge in [0.2, 0.25) is 0 Å². The van der Waals surface area contributed by atoms with E-state index in [2.05, 4.69) is 169 Å². The molecule has 276 valence electrons. The van der Waals surface area contributed by atoms with Crippen molar-refractivity contribution in [3.8, 4) is 22.3 Å². The average Bonchev–Trinajstić information content (AvgIpc) is 3.59. The molecular weight excluding hydrogens is 683 g/mol. The lowest BCUT2D eigenvalue weighted by atomic mass is 9.71. The number of nitrogens with zero attached hydrogens (tertiary/aromatic N) is 3. The summed E-state index contributed by atoms with van der Waals surface area (Å²) in [5.41, 5.74) is 12.2. The summed E-state index contributed by atoms with van der Waals surface area (Å²) in [4.78, 5) is 20.7. The molecule has 0 saturated carbocycles. The molecule has 3 atom stereocenters. The maximum atomic E-state index is 12.9. The van der Waals surface area contributed by atoms with Crippen LogP contribution in [0.3, 0.4) is 0 Å². The lowest BCUT2D eigenvalue weighted by molar-refractivity contribution is 0.0786. The first-order valence-electron chi connectivity index (χ1n) is 19.8. The monoisotopic (exact) mass is 729 g/mol. The van der Waals surface area contributed by atoms with Gasteiger partial charge in [0.15, 0.2) is 5.78 Å². The fourth-order valence-corrected chi connectivity index (χ4v) is 9.38. The Morgan fingerprint density at radius 1 is 0.571 bits per heavy atom. The highest BCUT2D eigenvalue weighted by atomic mass is 16.1. The molecule has 2 aliphatic heterocycles. The fourth-order valence-electron chi connectivity index (χ4n) is 9.38. The van der Waals surface area contributed by atoms with E-state index in [9.17, 15) is 4.79 Å². The largest absolute Gasteiger partial charge is 0.334 e. The van der Waals surface area contributed by atoms with E-state index < -0.39 is 0 Å². The minimum Gasteiger partial charge on any atom is -0.334 e. The third kappa shape index (κ3) is 6.30. The molecular formula is C52H47N3O. The second-order valence-electron chi connectivity index (χ2n) is 15.7. The van der Waals surface area contributed by atoms with Crippen LogP contribution in [0.4, 0.5) is 22.7 Å². The van der Waals surface area contributed by atoms with Crippen LogP contribution < -0.4 is 9.80 Å². The maximum Gasteiger partial charge on any atom is 0.193 e. The molecule has 3 unspecified atom stereocenters. The van der Waals surface area contributed by atoms with Gasteiger partial charge >= 0.3 is 0 Å². The number of likely N-dealkylation sites (tertiary alicyclic amines) is 1. The Labute approximate surface area is 331 Å². The zero-order valence-electron chi connectivity index (χ0n) is 32.3. The number of ketones is 1. The van der Waals surface area contributed by atoms with Gasteiger partial charge in [-0.05, 0) is 89.7 Å². The fraction of sp³-hybridized carbons (Fsp3) is 0.173. The Bertz CT molecular complexity index is 2390. The Morgan fingerprint density at radius 3 is 1.55 bits per heavy atom. The first-order chi connectivity index (χ1) is 27.4. The highest BCUT2D eigenvalue weighted by Gasteiger charge is 2.54. The summed E-state index contributed by atoms with van der Waals surface area (Å²) in [5, 5.41) is 0. The number of likely N-dealkylation sites (N-methyl/N-ethyl adjacent to an activating group) is 1. The molecule has 9 rings (SSSR count). The van der Waals surface area contributed by atoms with Crippen LogP contribution in [0.2, 0.25) is 0 Å². The Kier molecular flexibility index (Phi) is 9.36. The van der Waals surface area contributed by atoms with Crippen LogP contribution in [-0.4, -0.2) is 36.0 Å². The van der Waals surface area contributed by atoms with Gasteiger partial charge in [-0.15, -0.1) is 0 Å². The summed E-state index contributed by atoms with van der Waals surface area (Å²) in [6, 6.07) is 66.2. The molecule has 4 nitrogen and oxygen atoms in total. The molecule has 0 amide bonds. The maximum absolute atomic E-state index is 12.9. The van der Waals surface area contributed by atoms with Crippen molar-refractivity contribution in [2.45, 2.75) is 37.9 Å². The molecule has 0 bridgehead atoms. The summed E-state index contributed by atoms with van der Waals surface area (Å²) >= 11 is 0. The summed E-state index contributed by atoms with van der Waals surface area (Å²) in [6.07, 6.45) is 1.24. The molecule has 2 heterocycles. The molecule has 0 aliphatic carbocycles. The van der Waals surface area contributed by atoms with Gasteiger partial charge < -0.3 is 9.80 Å². The SMILES string of the molecule is CC(C)C1(N(c2ccccc2)c2ccccc2)CC2c3ccccc3N(c3ccc(-c4ccc(-c5ccc(C(=O)c6ccccc6)cc5)cc4)cc3)C2N(C)C1. The zero-order valence-corrected chi connectivity index (χ0v) is 32.3. The molecule has 56 heavy (non-hydrogen) atoms. The van der Waals surface area contributed by atoms with E-state index in [0.29, 0.717) is 23.0 Å². The minimum absolute atomic E-state index is 0.0421. The van der Waals surface area contributed by atoms with Gasteiger partial charge in [-0.1, -0.05) is 159 Å². The van der Waals surface area contributed by atoms with Crippen molar-refractivity contribution in [2.75, 3.05) is 23.4 Å². The number of carbonyl (C=O) groups is 1. The van der Waals surface area contributed by atoms with Gasteiger partial charge in [-0.25, -0.2) is 0 Å². The van der Waals surface area contributed by atoms with Crippen LogP contribution in [-0.2, 0) is 0 Å². The van der Waals surface area contributed by atoms with Gasteiger partial charge in [0.25, 0.3) is 0 Å². The van der Waals surface area contributed by atoms with Crippen LogP contribution in [0.25, 0.3) is 22.3 Å². The molecule has 0 radical (unpaired) electrons. The van der Waals surface area contributed by atoms with Crippen LogP contribution >= 0.6 is 0 Å². The van der Waals surface area contributed by atoms with Gasteiger partial charge in [-0.3, -0.25) is 9.69 Å². The van der Waals surface area contributed by atoms with E-state index >= 15 is 0 Å². The van der Waals surface area contributed by atoms with Crippen molar-refractivity contribution in [1.29, 1.82) is 0 Å². The number of rotatable bonds is 9. The van der Waals surface area contributed by atoms with Crippen molar-refractivity contribution >= 4 is 28.5 Å². The standard InChI is InChI=1S/C52H47N3O/c1-37(2)52(55(45-17-9-5-10-18-45)46-19-11-6-12-20-46)35-48-47-21-13-14-22-49(47)54(51(48)53(3)36-52)44-33-31-41(32-34-44)39-25-23-38(24-26-39)40-27-29-43(30-28-40)50(56)42-15-7-4-8-16-42/h4-34,37,48,51H,35-36H2,1-3H3. The number of para-hydroxylation sites is 3. The van der Waals surface area contributed by atoms with E-state index in [4.69, 9.17) is 0 Å². The summed E-state index contributed by atoms with van der Waals surface area (Å²) < 4.78 is 0. The van der Waals surface area contributed by atoms with Crippen molar-refractivity contribution in [3.63, 3.8) is 0 Å². The molecule has 0 N–H and O–H groups in total. The topological polar surface area (TPSA) is 26.8 Å². The highest BCUT2D eigenvalue weighted by molar-refractivity contribution is 6.09. The summed E-state index contributed by atoms with van der Waals surface area (Å²) in [6.45, 7) is 5.74. The van der Waals surface area contributed by atoms with E-state index in [1.54, 1.807) is 0 Å². The first-order valence-corrected chi connectivity index (χ1v) is 19.8. The quantitative estimate of drug-likeness (QED) is 0.138. The van der Waals surface area contributed by atoms with Crippen LogP contribution in [0.15, 0.2) is 188 Å². The molecule has 4 heteroatoms. The molecule has 0 spiro atoms. The summed E-state index contributed by atoms with van der Waals surface area (Å²) in [7, 11) is 2.33. The van der Waals surface area contributed by atoms with Gasteiger partial charge in [0.05, 0.1) is 11.7 Å². The average molecular weight is 730 g/mol. The van der Waals surface area contributed by atoms with Crippen LogP contribution in [0.5, 0.6) is 0 Å². The minimum atomic E-state index is -0.139. The number of carbonyl (C=O) groups excluding carboxylic acids is 1. The lowest BCUT2D eigenvalue weighted by Gasteiger charge is -2.57. The third-order valence-corrected chi connectivity index (χ3v) is 12.2. The van der Waals surface area contributed by atoms with Gasteiger partial charge in [-0.2, -0.15) is 0 Å². The molecule has 7 aromatic carbocycles. The number of anilines is 4. The van der Waals surface area contributed by atoms with E-state index in [0.717, 1.165) is 24.1 Å². The molecule has 7 aromatic rings. The number of piperidine rings is 1. The second kappa shape index (κ2) is 14.8. The molecule has 1 saturated heterocycles. The predicted molar refractivity (Wildman–Crippen MR) is 232 cm³/mol. The zero-order chi connectivity index (χ0) is 38.2. The molecule has 1 fully saturated rings. The van der Waals surface area contributed by atoms with Crippen molar-refractivity contribution < 1.29 is 4.79 Å². The number of hydrogen-bond acceptors (Lipinski definition) is 4. The Balaban J connectivity index is 0.988. The normalized spacial score (nSPS) is 19.0. The highest BCUT2D eigenvalue weighted by Crippen LogP contribution is 2.55.